The quantitative estimate of drug-likeness (QED) is 0.871. The minimum absolute atomic E-state index is 0.397. The normalized spacial score (nSPS) is 10.2. The highest BCUT2D eigenvalue weighted by Gasteiger charge is 2.07. The number of hydrogen-bond acceptors (Lipinski definition) is 3. The van der Waals surface area contributed by atoms with Crippen molar-refractivity contribution in [1.82, 2.24) is 4.98 Å². The summed E-state index contributed by atoms with van der Waals surface area (Å²) in [5.74, 6) is 0. The molecule has 1 aromatic carbocycles. The zero-order valence-corrected chi connectivity index (χ0v) is 12.9. The molecule has 0 radical (unpaired) electrons. The molecule has 0 aliphatic carbocycles. The van der Waals surface area contributed by atoms with Crippen molar-refractivity contribution in [1.29, 1.82) is 0 Å². The molecule has 0 spiro atoms. The molecular weight excluding hydrogens is 322 g/mol. The Morgan fingerprint density at radius 1 is 1.42 bits per heavy atom. The number of pyridine rings is 1. The van der Waals surface area contributed by atoms with Gasteiger partial charge in [-0.05, 0) is 45.8 Å². The number of nitrogens with zero attached hydrogens (tertiary/aromatic N) is 2. The Kier molecular flexibility index (Phi) is 4.50. The molecule has 2 aromatic rings. The van der Waals surface area contributed by atoms with Crippen LogP contribution in [0.4, 0.5) is 5.69 Å². The molecule has 2 N–H and O–H groups in total. The van der Waals surface area contributed by atoms with Crippen molar-refractivity contribution in [3.8, 4) is 0 Å². The second kappa shape index (κ2) is 6.12. The van der Waals surface area contributed by atoms with Gasteiger partial charge in [0.15, 0.2) is 0 Å². The predicted molar refractivity (Wildman–Crippen MR) is 86.4 cm³/mol. The van der Waals surface area contributed by atoms with Crippen LogP contribution in [-0.4, -0.2) is 17.0 Å². The van der Waals surface area contributed by atoms with Crippen molar-refractivity contribution in [2.45, 2.75) is 6.54 Å². The Morgan fingerprint density at radius 2 is 2.21 bits per heavy atom. The monoisotopic (exact) mass is 335 g/mol. The highest BCUT2D eigenvalue weighted by atomic mass is 79.9. The number of aromatic nitrogens is 1. The number of nitrogens with two attached hydrogens (primary N) is 1. The third-order valence-electron chi connectivity index (χ3n) is 2.80. The smallest absolute Gasteiger partial charge is 0.105 e. The first-order valence-corrected chi connectivity index (χ1v) is 6.97. The Morgan fingerprint density at radius 3 is 2.79 bits per heavy atom. The summed E-state index contributed by atoms with van der Waals surface area (Å²) in [6.07, 6.45) is 3.64. The Bertz CT molecular complexity index is 586. The maximum absolute atomic E-state index is 5.64. The van der Waals surface area contributed by atoms with Gasteiger partial charge in [-0.15, -0.1) is 0 Å². The number of thiocarbonyl (C=S) groups is 1. The van der Waals surface area contributed by atoms with E-state index in [-0.39, 0.29) is 0 Å². The first kappa shape index (κ1) is 14.0. The Balaban J connectivity index is 2.18. The van der Waals surface area contributed by atoms with Gasteiger partial charge in [-0.2, -0.15) is 0 Å². The van der Waals surface area contributed by atoms with Crippen molar-refractivity contribution in [2.24, 2.45) is 5.73 Å². The van der Waals surface area contributed by atoms with Gasteiger partial charge in [-0.25, -0.2) is 0 Å². The summed E-state index contributed by atoms with van der Waals surface area (Å²) < 4.78 is 0.913. The van der Waals surface area contributed by atoms with Gasteiger partial charge in [0.05, 0.1) is 0 Å². The summed E-state index contributed by atoms with van der Waals surface area (Å²) >= 11 is 8.48. The number of anilines is 1. The van der Waals surface area contributed by atoms with E-state index in [2.05, 4.69) is 31.9 Å². The molecule has 0 saturated heterocycles. The number of rotatable bonds is 4. The fraction of sp³-hybridized carbons (Fsp3) is 0.143. The first-order chi connectivity index (χ1) is 9.08. The molecular formula is C14H14BrN3S. The number of benzene rings is 1. The summed E-state index contributed by atoms with van der Waals surface area (Å²) in [5, 5.41) is 0. The minimum Gasteiger partial charge on any atom is -0.389 e. The minimum atomic E-state index is 0.397. The van der Waals surface area contributed by atoms with Gasteiger partial charge in [0, 0.05) is 41.7 Å². The molecule has 0 fully saturated rings. The molecule has 19 heavy (non-hydrogen) atoms. The lowest BCUT2D eigenvalue weighted by molar-refractivity contribution is 0.915. The van der Waals surface area contributed by atoms with Gasteiger partial charge in [0.1, 0.15) is 4.99 Å². The third-order valence-corrected chi connectivity index (χ3v) is 3.68. The van der Waals surface area contributed by atoms with Gasteiger partial charge >= 0.3 is 0 Å². The lowest BCUT2D eigenvalue weighted by Crippen LogP contribution is -2.17. The molecule has 2 rings (SSSR count). The second-order valence-electron chi connectivity index (χ2n) is 4.25. The van der Waals surface area contributed by atoms with Gasteiger partial charge in [0.25, 0.3) is 0 Å². The summed E-state index contributed by atoms with van der Waals surface area (Å²) in [5.41, 5.74) is 8.76. The molecule has 1 aromatic heterocycles. The van der Waals surface area contributed by atoms with Crippen LogP contribution < -0.4 is 10.6 Å². The van der Waals surface area contributed by atoms with E-state index in [0.29, 0.717) is 4.99 Å². The van der Waals surface area contributed by atoms with Crippen LogP contribution in [0, 0.1) is 0 Å². The van der Waals surface area contributed by atoms with E-state index < -0.39 is 0 Å². The van der Waals surface area contributed by atoms with Crippen molar-refractivity contribution in [2.75, 3.05) is 11.9 Å². The van der Waals surface area contributed by atoms with E-state index in [9.17, 15) is 0 Å². The molecule has 0 saturated carbocycles. The largest absolute Gasteiger partial charge is 0.389 e. The topological polar surface area (TPSA) is 42.2 Å². The van der Waals surface area contributed by atoms with Crippen molar-refractivity contribution < 1.29 is 0 Å². The molecule has 0 aliphatic heterocycles. The average Bonchev–Trinajstić information content (AvgIpc) is 2.39. The Hall–Kier alpha value is -1.46. The summed E-state index contributed by atoms with van der Waals surface area (Å²) in [6, 6.07) is 9.96. The van der Waals surface area contributed by atoms with Crippen molar-refractivity contribution in [3.63, 3.8) is 0 Å². The molecule has 3 nitrogen and oxygen atoms in total. The SMILES string of the molecule is CN(Cc1cccnc1)c1ccc(C(N)=S)c(Br)c1. The fourth-order valence-corrected chi connectivity index (χ4v) is 2.69. The molecule has 0 bridgehead atoms. The van der Waals surface area contributed by atoms with Gasteiger partial charge in [-0.3, -0.25) is 4.98 Å². The predicted octanol–water partition coefficient (Wildman–Crippen LogP) is 3.11. The average molecular weight is 336 g/mol. The zero-order valence-electron chi connectivity index (χ0n) is 10.5. The maximum atomic E-state index is 5.64. The first-order valence-electron chi connectivity index (χ1n) is 5.77. The molecule has 0 unspecified atom stereocenters. The standard InChI is InChI=1S/C14H14BrN3S/c1-18(9-10-3-2-6-17-8-10)11-4-5-12(14(16)19)13(15)7-11/h2-8H,9H2,1H3,(H2,16,19). The molecule has 5 heteroatoms. The summed E-state index contributed by atoms with van der Waals surface area (Å²) in [7, 11) is 2.04. The summed E-state index contributed by atoms with van der Waals surface area (Å²) in [4.78, 5) is 6.66. The van der Waals surface area contributed by atoms with E-state index in [1.807, 2.05) is 37.5 Å². The molecule has 0 amide bonds. The highest BCUT2D eigenvalue weighted by Crippen LogP contribution is 2.24. The van der Waals surface area contributed by atoms with E-state index in [1.54, 1.807) is 6.20 Å². The van der Waals surface area contributed by atoms with Crippen LogP contribution in [0.2, 0.25) is 0 Å². The number of hydrogen-bond donors (Lipinski definition) is 1. The zero-order chi connectivity index (χ0) is 13.8. The van der Waals surface area contributed by atoms with Crippen molar-refractivity contribution in [3.05, 3.63) is 58.3 Å². The summed E-state index contributed by atoms with van der Waals surface area (Å²) in [6.45, 7) is 0.798. The second-order valence-corrected chi connectivity index (χ2v) is 5.54. The van der Waals surface area contributed by atoms with Crippen LogP contribution in [0.15, 0.2) is 47.2 Å². The van der Waals surface area contributed by atoms with Crippen LogP contribution >= 0.6 is 28.1 Å². The van der Waals surface area contributed by atoms with Crippen LogP contribution in [0.25, 0.3) is 0 Å². The third kappa shape index (κ3) is 3.52. The van der Waals surface area contributed by atoms with Gasteiger partial charge in [-0.1, -0.05) is 18.3 Å². The van der Waals surface area contributed by atoms with E-state index in [4.69, 9.17) is 18.0 Å². The maximum Gasteiger partial charge on any atom is 0.105 e. The molecule has 1 heterocycles. The lowest BCUT2D eigenvalue weighted by atomic mass is 10.2. The van der Waals surface area contributed by atoms with Gasteiger partial charge in [0.2, 0.25) is 0 Å². The van der Waals surface area contributed by atoms with Crippen LogP contribution in [-0.2, 0) is 6.54 Å². The Labute approximate surface area is 126 Å². The van der Waals surface area contributed by atoms with Gasteiger partial charge < -0.3 is 10.6 Å². The van der Waals surface area contributed by atoms with Crippen LogP contribution in [0.5, 0.6) is 0 Å². The van der Waals surface area contributed by atoms with E-state index in [0.717, 1.165) is 22.3 Å². The fourth-order valence-electron chi connectivity index (χ4n) is 1.80. The molecule has 98 valence electrons. The molecule has 0 aliphatic rings. The van der Waals surface area contributed by atoms with Crippen LogP contribution in [0.3, 0.4) is 0 Å². The van der Waals surface area contributed by atoms with E-state index in [1.165, 1.54) is 5.56 Å². The van der Waals surface area contributed by atoms with Crippen molar-refractivity contribution >= 4 is 38.8 Å². The van der Waals surface area contributed by atoms with E-state index >= 15 is 0 Å². The highest BCUT2D eigenvalue weighted by molar-refractivity contribution is 9.10. The molecule has 0 atom stereocenters. The number of halogens is 1. The van der Waals surface area contributed by atoms with Crippen LogP contribution in [0.1, 0.15) is 11.1 Å². The lowest BCUT2D eigenvalue weighted by Gasteiger charge is -2.20.